The molecular weight excluding hydrogens is 448 g/mol. The zero-order valence-electron chi connectivity index (χ0n) is 22.0. The van der Waals surface area contributed by atoms with E-state index in [4.69, 9.17) is 4.74 Å². The second kappa shape index (κ2) is 12.4. The molecule has 5 heteroatoms. The molecule has 0 unspecified atom stereocenters. The molecule has 0 saturated heterocycles. The number of carbonyl (C=O) groups is 2. The van der Waals surface area contributed by atoms with Crippen molar-refractivity contribution in [3.63, 3.8) is 0 Å². The van der Waals surface area contributed by atoms with Crippen molar-refractivity contribution in [3.8, 4) is 5.75 Å². The molecule has 2 amide bonds. The van der Waals surface area contributed by atoms with E-state index in [0.29, 0.717) is 18.7 Å². The fraction of sp³-hybridized carbons (Fsp3) is 0.355. The summed E-state index contributed by atoms with van der Waals surface area (Å²) in [6.07, 6.45) is 0.413. The van der Waals surface area contributed by atoms with E-state index in [1.54, 1.807) is 4.90 Å². The Morgan fingerprint density at radius 3 is 1.97 bits per heavy atom. The van der Waals surface area contributed by atoms with Gasteiger partial charge in [0.2, 0.25) is 5.91 Å². The Balaban J connectivity index is 1.92. The number of ether oxygens (including phenoxy) is 1. The summed E-state index contributed by atoms with van der Waals surface area (Å²) >= 11 is 0. The molecule has 0 heterocycles. The molecule has 0 bridgehead atoms. The van der Waals surface area contributed by atoms with Crippen LogP contribution in [-0.4, -0.2) is 35.4 Å². The largest absolute Gasteiger partial charge is 0.483 e. The molecule has 0 saturated carbocycles. The third-order valence-corrected chi connectivity index (χ3v) is 5.94. The summed E-state index contributed by atoms with van der Waals surface area (Å²) in [4.78, 5) is 28.8. The average molecular weight is 487 g/mol. The van der Waals surface area contributed by atoms with E-state index in [2.05, 4.69) is 26.1 Å². The monoisotopic (exact) mass is 486 g/mol. The van der Waals surface area contributed by atoms with Gasteiger partial charge in [-0.2, -0.15) is 0 Å². The van der Waals surface area contributed by atoms with Crippen LogP contribution < -0.4 is 10.1 Å². The normalized spacial score (nSPS) is 12.2. The van der Waals surface area contributed by atoms with Crippen LogP contribution in [0.15, 0.2) is 84.9 Å². The third-order valence-electron chi connectivity index (χ3n) is 5.94. The molecule has 5 nitrogen and oxygen atoms in total. The Hall–Kier alpha value is -3.60. The molecule has 3 rings (SSSR count). The minimum absolute atomic E-state index is 0.0423. The van der Waals surface area contributed by atoms with Gasteiger partial charge in [0.1, 0.15) is 11.8 Å². The molecule has 1 atom stereocenters. The van der Waals surface area contributed by atoms with Crippen molar-refractivity contribution in [1.29, 1.82) is 0 Å². The van der Waals surface area contributed by atoms with Gasteiger partial charge in [0.15, 0.2) is 6.61 Å². The Morgan fingerprint density at radius 1 is 0.833 bits per heavy atom. The SMILES string of the molecule is CC(C)NC(=O)[C@@H](Cc1ccccc1)N(Cc1ccccc1)C(=O)COc1ccccc1C(C)(C)C. The van der Waals surface area contributed by atoms with Crippen molar-refractivity contribution in [2.24, 2.45) is 0 Å². The maximum absolute atomic E-state index is 13.7. The van der Waals surface area contributed by atoms with Crippen molar-refractivity contribution in [2.75, 3.05) is 6.61 Å². The van der Waals surface area contributed by atoms with Gasteiger partial charge in [0.25, 0.3) is 5.91 Å². The van der Waals surface area contributed by atoms with Crippen LogP contribution in [-0.2, 0) is 28.0 Å². The van der Waals surface area contributed by atoms with Gasteiger partial charge < -0.3 is 15.0 Å². The van der Waals surface area contributed by atoms with E-state index >= 15 is 0 Å². The summed E-state index contributed by atoms with van der Waals surface area (Å²) in [6, 6.07) is 26.6. The van der Waals surface area contributed by atoms with Gasteiger partial charge >= 0.3 is 0 Å². The second-order valence-electron chi connectivity index (χ2n) is 10.4. The lowest BCUT2D eigenvalue weighted by molar-refractivity contribution is -0.143. The first-order valence-electron chi connectivity index (χ1n) is 12.5. The standard InChI is InChI=1S/C31H38N2O3/c1-23(2)32-30(35)27(20-24-14-8-6-9-15-24)33(21-25-16-10-7-11-17-25)29(34)22-36-28-19-13-12-18-26(28)31(3,4)5/h6-19,23,27H,20-22H2,1-5H3,(H,32,35)/t27-/m1/s1. The number of nitrogens with zero attached hydrogens (tertiary/aromatic N) is 1. The zero-order chi connectivity index (χ0) is 26.1. The average Bonchev–Trinajstić information content (AvgIpc) is 2.85. The van der Waals surface area contributed by atoms with E-state index in [-0.39, 0.29) is 29.9 Å². The Kier molecular flexibility index (Phi) is 9.29. The number of rotatable bonds is 10. The van der Waals surface area contributed by atoms with Crippen molar-refractivity contribution in [2.45, 2.75) is 65.1 Å². The summed E-state index contributed by atoms with van der Waals surface area (Å²) in [5.74, 6) is 0.278. The number of carbonyl (C=O) groups excluding carboxylic acids is 2. The van der Waals surface area contributed by atoms with Crippen molar-refractivity contribution in [1.82, 2.24) is 10.2 Å². The van der Waals surface area contributed by atoms with E-state index in [1.165, 1.54) is 0 Å². The van der Waals surface area contributed by atoms with Crippen LogP contribution in [0.1, 0.15) is 51.3 Å². The van der Waals surface area contributed by atoms with Gasteiger partial charge in [-0.1, -0.05) is 99.6 Å². The van der Waals surface area contributed by atoms with Gasteiger partial charge in [-0.3, -0.25) is 9.59 Å². The molecule has 0 fully saturated rings. The lowest BCUT2D eigenvalue weighted by Gasteiger charge is -2.32. The van der Waals surface area contributed by atoms with Crippen LogP contribution in [0.2, 0.25) is 0 Å². The molecule has 0 aliphatic heterocycles. The van der Waals surface area contributed by atoms with Crippen molar-refractivity contribution >= 4 is 11.8 Å². The predicted octanol–water partition coefficient (Wildman–Crippen LogP) is 5.53. The van der Waals surface area contributed by atoms with Crippen molar-refractivity contribution < 1.29 is 14.3 Å². The van der Waals surface area contributed by atoms with Crippen LogP contribution in [0.4, 0.5) is 0 Å². The smallest absolute Gasteiger partial charge is 0.261 e. The Morgan fingerprint density at radius 2 is 1.39 bits per heavy atom. The maximum atomic E-state index is 13.7. The van der Waals surface area contributed by atoms with Gasteiger partial charge in [0, 0.05) is 19.0 Å². The Bertz CT molecular complexity index is 1120. The fourth-order valence-electron chi connectivity index (χ4n) is 4.15. The summed E-state index contributed by atoms with van der Waals surface area (Å²) in [5.41, 5.74) is 2.85. The summed E-state index contributed by atoms with van der Waals surface area (Å²) < 4.78 is 6.08. The van der Waals surface area contributed by atoms with E-state index in [0.717, 1.165) is 16.7 Å². The van der Waals surface area contributed by atoms with E-state index in [9.17, 15) is 9.59 Å². The number of para-hydroxylation sites is 1. The first-order chi connectivity index (χ1) is 17.1. The fourth-order valence-corrected chi connectivity index (χ4v) is 4.15. The topological polar surface area (TPSA) is 58.6 Å². The highest BCUT2D eigenvalue weighted by atomic mass is 16.5. The van der Waals surface area contributed by atoms with Gasteiger partial charge in [-0.15, -0.1) is 0 Å². The molecule has 0 aliphatic rings. The zero-order valence-corrected chi connectivity index (χ0v) is 22.0. The molecule has 0 aliphatic carbocycles. The molecule has 36 heavy (non-hydrogen) atoms. The molecule has 1 N–H and O–H groups in total. The van der Waals surface area contributed by atoms with E-state index < -0.39 is 6.04 Å². The molecule has 190 valence electrons. The minimum Gasteiger partial charge on any atom is -0.483 e. The van der Waals surface area contributed by atoms with Crippen LogP contribution in [0.25, 0.3) is 0 Å². The molecule has 3 aromatic carbocycles. The lowest BCUT2D eigenvalue weighted by Crippen LogP contribution is -2.52. The van der Waals surface area contributed by atoms with Gasteiger partial charge in [-0.05, 0) is 42.0 Å². The maximum Gasteiger partial charge on any atom is 0.261 e. The first-order valence-corrected chi connectivity index (χ1v) is 12.5. The van der Waals surface area contributed by atoms with Crippen LogP contribution in [0.3, 0.4) is 0 Å². The highest BCUT2D eigenvalue weighted by Gasteiger charge is 2.31. The summed E-state index contributed by atoms with van der Waals surface area (Å²) in [7, 11) is 0. The molecule has 0 spiro atoms. The van der Waals surface area contributed by atoms with Gasteiger partial charge in [-0.25, -0.2) is 0 Å². The molecule has 0 radical (unpaired) electrons. The molecule has 0 aromatic heterocycles. The summed E-state index contributed by atoms with van der Waals surface area (Å²) in [6.45, 7) is 10.4. The highest BCUT2D eigenvalue weighted by Crippen LogP contribution is 2.31. The van der Waals surface area contributed by atoms with Crippen LogP contribution in [0, 0.1) is 0 Å². The number of nitrogens with one attached hydrogen (secondary N) is 1. The van der Waals surface area contributed by atoms with E-state index in [1.807, 2.05) is 98.8 Å². The minimum atomic E-state index is -0.677. The summed E-state index contributed by atoms with van der Waals surface area (Å²) in [5, 5.41) is 3.01. The number of hydrogen-bond donors (Lipinski definition) is 1. The van der Waals surface area contributed by atoms with Gasteiger partial charge in [0.05, 0.1) is 0 Å². The molecule has 3 aromatic rings. The predicted molar refractivity (Wildman–Crippen MR) is 145 cm³/mol. The third kappa shape index (κ3) is 7.70. The van der Waals surface area contributed by atoms with Crippen molar-refractivity contribution in [3.05, 3.63) is 102 Å². The first kappa shape index (κ1) is 27.0. The highest BCUT2D eigenvalue weighted by molar-refractivity contribution is 5.88. The van der Waals surface area contributed by atoms with Crippen LogP contribution >= 0.6 is 0 Å². The number of hydrogen-bond acceptors (Lipinski definition) is 3. The quantitative estimate of drug-likeness (QED) is 0.410. The lowest BCUT2D eigenvalue weighted by atomic mass is 9.86. The van der Waals surface area contributed by atoms with Crippen LogP contribution in [0.5, 0.6) is 5.75 Å². The number of benzene rings is 3. The molecular formula is C31H38N2O3. The number of amides is 2. The Labute approximate surface area is 215 Å². The second-order valence-corrected chi connectivity index (χ2v) is 10.4.